The first-order chi connectivity index (χ1) is 10.2. The number of unbranched alkanes of at least 4 members (excludes halogenated alkanes) is 1. The predicted octanol–water partition coefficient (Wildman–Crippen LogP) is 5.04. The van der Waals surface area contributed by atoms with Gasteiger partial charge in [-0.05, 0) is 43.7 Å². The van der Waals surface area contributed by atoms with E-state index in [1.165, 1.54) is 53.8 Å². The minimum Gasteiger partial charge on any atom is -0.376 e. The second-order valence-corrected chi connectivity index (χ2v) is 7.72. The summed E-state index contributed by atoms with van der Waals surface area (Å²) in [6.07, 6.45) is 7.88. The maximum atomic E-state index is 5.99. The summed E-state index contributed by atoms with van der Waals surface area (Å²) in [5, 5.41) is 3.59. The molecule has 0 amide bonds. The molecular formula is C18H31NOS. The van der Waals surface area contributed by atoms with E-state index in [9.17, 15) is 0 Å². The van der Waals surface area contributed by atoms with Crippen molar-refractivity contribution in [1.82, 2.24) is 5.32 Å². The molecule has 1 heterocycles. The molecule has 1 aliphatic rings. The zero-order chi connectivity index (χ0) is 15.1. The summed E-state index contributed by atoms with van der Waals surface area (Å²) in [4.78, 5) is 2.88. The third-order valence-electron chi connectivity index (χ3n) is 4.37. The molecule has 120 valence electrons. The van der Waals surface area contributed by atoms with Crippen LogP contribution in [0.15, 0.2) is 6.07 Å². The second kappa shape index (κ2) is 8.92. The van der Waals surface area contributed by atoms with Gasteiger partial charge in [0.25, 0.3) is 0 Å². The Bertz CT molecular complexity index is 411. The smallest absolute Gasteiger partial charge is 0.0727 e. The van der Waals surface area contributed by atoms with Crippen molar-refractivity contribution in [2.75, 3.05) is 6.61 Å². The predicted molar refractivity (Wildman–Crippen MR) is 91.9 cm³/mol. The normalized spacial score (nSPS) is 16.3. The van der Waals surface area contributed by atoms with Gasteiger partial charge in [0.15, 0.2) is 0 Å². The van der Waals surface area contributed by atoms with Gasteiger partial charge in [-0.3, -0.25) is 0 Å². The third kappa shape index (κ3) is 6.09. The Morgan fingerprint density at radius 1 is 1.38 bits per heavy atom. The van der Waals surface area contributed by atoms with Crippen LogP contribution in [0.2, 0.25) is 0 Å². The van der Waals surface area contributed by atoms with E-state index >= 15 is 0 Å². The minimum absolute atomic E-state index is 0.736. The Hall–Kier alpha value is -0.380. The Kier molecular flexibility index (Phi) is 7.21. The Morgan fingerprint density at radius 3 is 2.86 bits per heavy atom. The molecule has 3 heteroatoms. The number of aryl methyl sites for hydroxylation is 1. The van der Waals surface area contributed by atoms with Crippen molar-refractivity contribution in [2.24, 2.45) is 5.92 Å². The highest BCUT2D eigenvalue weighted by molar-refractivity contribution is 7.12. The highest BCUT2D eigenvalue weighted by Crippen LogP contribution is 2.25. The first kappa shape index (κ1) is 17.0. The molecule has 0 bridgehead atoms. The van der Waals surface area contributed by atoms with Gasteiger partial charge in [-0.25, -0.2) is 0 Å². The van der Waals surface area contributed by atoms with Crippen molar-refractivity contribution < 1.29 is 4.74 Å². The van der Waals surface area contributed by atoms with Crippen LogP contribution in [0.1, 0.15) is 67.7 Å². The topological polar surface area (TPSA) is 21.3 Å². The van der Waals surface area contributed by atoms with E-state index in [2.05, 4.69) is 32.2 Å². The summed E-state index contributed by atoms with van der Waals surface area (Å²) < 4.78 is 5.99. The largest absolute Gasteiger partial charge is 0.376 e. The SMILES string of the molecule is CCCCC(CC)COCc1cc(CNC2CC2)sc1C. The lowest BCUT2D eigenvalue weighted by Gasteiger charge is -2.14. The average molecular weight is 310 g/mol. The van der Waals surface area contributed by atoms with Gasteiger partial charge < -0.3 is 10.1 Å². The molecule has 1 fully saturated rings. The lowest BCUT2D eigenvalue weighted by Crippen LogP contribution is -2.14. The fourth-order valence-corrected chi connectivity index (χ4v) is 3.58. The summed E-state index contributed by atoms with van der Waals surface area (Å²) in [5.74, 6) is 0.736. The van der Waals surface area contributed by atoms with Gasteiger partial charge >= 0.3 is 0 Å². The van der Waals surface area contributed by atoms with Gasteiger partial charge in [0.2, 0.25) is 0 Å². The van der Waals surface area contributed by atoms with E-state index < -0.39 is 0 Å². The summed E-state index contributed by atoms with van der Waals surface area (Å²) in [6.45, 7) is 9.50. The fourth-order valence-electron chi connectivity index (χ4n) is 2.58. The van der Waals surface area contributed by atoms with E-state index in [0.29, 0.717) is 0 Å². The van der Waals surface area contributed by atoms with Gasteiger partial charge in [0.05, 0.1) is 6.61 Å². The van der Waals surface area contributed by atoms with Crippen molar-refractivity contribution in [3.63, 3.8) is 0 Å². The lowest BCUT2D eigenvalue weighted by molar-refractivity contribution is 0.0819. The first-order valence-electron chi connectivity index (χ1n) is 8.62. The van der Waals surface area contributed by atoms with Crippen molar-refractivity contribution in [3.05, 3.63) is 21.4 Å². The molecule has 2 nitrogen and oxygen atoms in total. The average Bonchev–Trinajstić information content (AvgIpc) is 3.25. The lowest BCUT2D eigenvalue weighted by atomic mass is 10.0. The van der Waals surface area contributed by atoms with Crippen LogP contribution < -0.4 is 5.32 Å². The van der Waals surface area contributed by atoms with Gasteiger partial charge in [-0.2, -0.15) is 0 Å². The molecule has 0 aromatic carbocycles. The first-order valence-corrected chi connectivity index (χ1v) is 9.43. The number of ether oxygens (including phenoxy) is 1. The van der Waals surface area contributed by atoms with Crippen molar-refractivity contribution in [3.8, 4) is 0 Å². The summed E-state index contributed by atoms with van der Waals surface area (Å²) >= 11 is 1.92. The molecule has 1 saturated carbocycles. The fraction of sp³-hybridized carbons (Fsp3) is 0.778. The second-order valence-electron chi connectivity index (χ2n) is 6.38. The standard InChI is InChI=1S/C18H31NOS/c1-4-6-7-15(5-2)12-20-13-16-10-18(21-14(16)3)11-19-17-8-9-17/h10,15,17,19H,4-9,11-13H2,1-3H3. The molecule has 1 N–H and O–H groups in total. The molecule has 1 unspecified atom stereocenters. The Balaban J connectivity index is 1.71. The molecule has 0 aliphatic heterocycles. The summed E-state index contributed by atoms with van der Waals surface area (Å²) in [5.41, 5.74) is 1.39. The zero-order valence-corrected chi connectivity index (χ0v) is 14.7. The van der Waals surface area contributed by atoms with Crippen LogP contribution >= 0.6 is 11.3 Å². The molecule has 1 aliphatic carbocycles. The van der Waals surface area contributed by atoms with E-state index in [0.717, 1.165) is 31.7 Å². The highest BCUT2D eigenvalue weighted by Gasteiger charge is 2.20. The molecular weight excluding hydrogens is 278 g/mol. The summed E-state index contributed by atoms with van der Waals surface area (Å²) in [6, 6.07) is 3.12. The van der Waals surface area contributed by atoms with Gasteiger partial charge in [-0.1, -0.05) is 33.1 Å². The Morgan fingerprint density at radius 2 is 2.19 bits per heavy atom. The molecule has 2 rings (SSSR count). The monoisotopic (exact) mass is 309 g/mol. The van der Waals surface area contributed by atoms with E-state index in [-0.39, 0.29) is 0 Å². The molecule has 1 atom stereocenters. The van der Waals surface area contributed by atoms with Gasteiger partial charge in [0, 0.05) is 28.9 Å². The molecule has 0 saturated heterocycles. The highest BCUT2D eigenvalue weighted by atomic mass is 32.1. The van der Waals surface area contributed by atoms with Crippen LogP contribution in [0, 0.1) is 12.8 Å². The van der Waals surface area contributed by atoms with Crippen LogP contribution in [-0.2, 0) is 17.9 Å². The van der Waals surface area contributed by atoms with Crippen LogP contribution in [0.4, 0.5) is 0 Å². The summed E-state index contributed by atoms with van der Waals surface area (Å²) in [7, 11) is 0. The number of hydrogen-bond donors (Lipinski definition) is 1. The molecule has 21 heavy (non-hydrogen) atoms. The number of nitrogens with one attached hydrogen (secondary N) is 1. The third-order valence-corrected chi connectivity index (χ3v) is 5.46. The maximum Gasteiger partial charge on any atom is 0.0727 e. The van der Waals surface area contributed by atoms with Crippen LogP contribution in [0.25, 0.3) is 0 Å². The van der Waals surface area contributed by atoms with E-state index in [1.807, 2.05) is 11.3 Å². The van der Waals surface area contributed by atoms with Crippen LogP contribution in [0.5, 0.6) is 0 Å². The van der Waals surface area contributed by atoms with E-state index in [4.69, 9.17) is 4.74 Å². The van der Waals surface area contributed by atoms with E-state index in [1.54, 1.807) is 0 Å². The maximum absolute atomic E-state index is 5.99. The van der Waals surface area contributed by atoms with Crippen LogP contribution in [-0.4, -0.2) is 12.6 Å². The number of thiophene rings is 1. The van der Waals surface area contributed by atoms with Crippen LogP contribution in [0.3, 0.4) is 0 Å². The quantitative estimate of drug-likeness (QED) is 0.618. The molecule has 0 radical (unpaired) electrons. The Labute approximate surface area is 134 Å². The van der Waals surface area contributed by atoms with Gasteiger partial charge in [-0.15, -0.1) is 11.3 Å². The minimum atomic E-state index is 0.736. The number of rotatable bonds is 11. The molecule has 0 spiro atoms. The van der Waals surface area contributed by atoms with Crippen molar-refractivity contribution in [1.29, 1.82) is 0 Å². The van der Waals surface area contributed by atoms with Crippen molar-refractivity contribution >= 4 is 11.3 Å². The molecule has 1 aromatic heterocycles. The number of hydrogen-bond acceptors (Lipinski definition) is 3. The van der Waals surface area contributed by atoms with Gasteiger partial charge in [0.1, 0.15) is 0 Å². The molecule has 1 aromatic rings. The zero-order valence-electron chi connectivity index (χ0n) is 13.9. The van der Waals surface area contributed by atoms with Crippen molar-refractivity contribution in [2.45, 2.75) is 78.5 Å².